The first-order chi connectivity index (χ1) is 29.0. The lowest BCUT2D eigenvalue weighted by Crippen LogP contribution is -2.60. The van der Waals surface area contributed by atoms with Crippen LogP contribution in [-0.2, 0) is 53.5 Å². The van der Waals surface area contributed by atoms with E-state index in [0.29, 0.717) is 10.5 Å². The number of carboxylic acids is 1. The van der Waals surface area contributed by atoms with Gasteiger partial charge in [-0.1, -0.05) is 64.1 Å². The van der Waals surface area contributed by atoms with Gasteiger partial charge in [0.05, 0.1) is 0 Å². The molecule has 2 unspecified atom stereocenters. The SMILES string of the molecule is Cn1cc(C(C)(C)C(NC(=O)OC(C)(C)C)C(=O)N(C(=O)OC(C)(C)C)C(=O)OC(C)(C)C)c2ccccc21.Cn1cc(C(C)(C)C(NC(=O)OC(C)(C)C)C(=O)O)c2ccccc21. The van der Waals surface area contributed by atoms with Crippen molar-refractivity contribution < 1.29 is 52.8 Å². The molecule has 0 radical (unpaired) electrons. The molecular formula is C48H69N5O11. The zero-order valence-electron chi connectivity index (χ0n) is 40.8. The zero-order chi connectivity index (χ0) is 49.1. The van der Waals surface area contributed by atoms with Gasteiger partial charge in [-0.05, 0) is 106 Å². The molecule has 0 aliphatic heterocycles. The molecule has 4 aromatic rings. The summed E-state index contributed by atoms with van der Waals surface area (Å²) in [5, 5.41) is 16.7. The monoisotopic (exact) mass is 891 g/mol. The second-order valence-corrected chi connectivity index (χ2v) is 20.9. The standard InChI is InChI=1S/C29H43N3O7.C19H26N2O4/c1-26(2,3)37-23(34)30-21(29(10,11)19-17-31(12)20-16-14-13-15-18(19)20)22(33)32(24(35)38-27(4,5)6)25(36)39-28(7,8)9;1-18(2,3)25-17(24)20-15(16(22)23)19(4,5)13-11-21(6)14-10-8-7-9-12(13)14/h13-17,21H,1-12H3,(H,30,34);7-11,15H,1-6H3,(H,20,24)(H,22,23). The van der Waals surface area contributed by atoms with E-state index in [1.807, 2.05) is 98.0 Å². The van der Waals surface area contributed by atoms with Crippen molar-refractivity contribution in [2.75, 3.05) is 0 Å². The Hall–Kier alpha value is -6.06. The van der Waals surface area contributed by atoms with Crippen molar-refractivity contribution in [2.24, 2.45) is 14.1 Å². The predicted octanol–water partition coefficient (Wildman–Crippen LogP) is 9.48. The number of carbonyl (C=O) groups is 6. The number of rotatable bonds is 8. The number of nitrogens with one attached hydrogen (secondary N) is 2. The highest BCUT2D eigenvalue weighted by molar-refractivity contribution is 6.09. The summed E-state index contributed by atoms with van der Waals surface area (Å²) in [6.45, 7) is 27.0. The van der Waals surface area contributed by atoms with E-state index in [1.165, 1.54) is 0 Å². The number of nitrogens with zero attached hydrogens (tertiary/aromatic N) is 3. The molecule has 16 heteroatoms. The molecule has 4 rings (SSSR count). The highest BCUT2D eigenvalue weighted by Gasteiger charge is 2.48. The van der Waals surface area contributed by atoms with Crippen LogP contribution in [0.3, 0.4) is 0 Å². The minimum Gasteiger partial charge on any atom is -0.480 e. The molecule has 0 aliphatic carbocycles. The molecule has 2 aromatic carbocycles. The number of carbonyl (C=O) groups excluding carboxylic acids is 5. The molecule has 2 aromatic heterocycles. The molecule has 0 spiro atoms. The summed E-state index contributed by atoms with van der Waals surface area (Å²) in [5.41, 5.74) is -2.10. The zero-order valence-corrected chi connectivity index (χ0v) is 40.8. The number of imide groups is 3. The second-order valence-electron chi connectivity index (χ2n) is 20.9. The van der Waals surface area contributed by atoms with E-state index in [2.05, 4.69) is 10.6 Å². The van der Waals surface area contributed by atoms with Crippen molar-refractivity contribution >= 4 is 58.1 Å². The van der Waals surface area contributed by atoms with E-state index >= 15 is 0 Å². The number of hydrogen-bond donors (Lipinski definition) is 3. The van der Waals surface area contributed by atoms with Gasteiger partial charge in [-0.25, -0.2) is 24.0 Å². The third kappa shape index (κ3) is 13.5. The van der Waals surface area contributed by atoms with E-state index in [9.17, 15) is 33.9 Å². The number of aromatic nitrogens is 2. The second kappa shape index (κ2) is 19.0. The Labute approximate surface area is 376 Å². The van der Waals surface area contributed by atoms with Crippen LogP contribution in [0.15, 0.2) is 60.9 Å². The topological polar surface area (TPSA) is 197 Å². The van der Waals surface area contributed by atoms with Crippen LogP contribution >= 0.6 is 0 Å². The Kier molecular flexibility index (Phi) is 15.5. The number of para-hydroxylation sites is 2. The van der Waals surface area contributed by atoms with Crippen molar-refractivity contribution in [3.8, 4) is 0 Å². The molecule has 0 saturated carbocycles. The van der Waals surface area contributed by atoms with Crippen LogP contribution in [0.2, 0.25) is 0 Å². The van der Waals surface area contributed by atoms with Gasteiger partial charge in [-0.15, -0.1) is 4.90 Å². The summed E-state index contributed by atoms with van der Waals surface area (Å²) < 4.78 is 25.3. The van der Waals surface area contributed by atoms with E-state index in [-0.39, 0.29) is 0 Å². The molecule has 2 heterocycles. The summed E-state index contributed by atoms with van der Waals surface area (Å²) in [6, 6.07) is 12.8. The molecule has 64 heavy (non-hydrogen) atoms. The predicted molar refractivity (Wildman–Crippen MR) is 245 cm³/mol. The first-order valence-corrected chi connectivity index (χ1v) is 21.1. The third-order valence-corrected chi connectivity index (χ3v) is 9.81. The van der Waals surface area contributed by atoms with Gasteiger partial charge < -0.3 is 43.8 Å². The van der Waals surface area contributed by atoms with Crippen molar-refractivity contribution in [3.05, 3.63) is 72.1 Å². The first-order valence-electron chi connectivity index (χ1n) is 21.1. The van der Waals surface area contributed by atoms with Crippen LogP contribution < -0.4 is 10.6 Å². The summed E-state index contributed by atoms with van der Waals surface area (Å²) in [5.74, 6) is -2.13. The van der Waals surface area contributed by atoms with Crippen LogP contribution in [-0.4, -0.2) is 89.9 Å². The molecule has 0 saturated heterocycles. The fourth-order valence-corrected chi connectivity index (χ4v) is 6.97. The largest absolute Gasteiger partial charge is 0.480 e. The summed E-state index contributed by atoms with van der Waals surface area (Å²) in [7, 11) is 3.78. The fourth-order valence-electron chi connectivity index (χ4n) is 6.97. The molecule has 2 atom stereocenters. The average molecular weight is 892 g/mol. The molecule has 5 amide bonds. The van der Waals surface area contributed by atoms with E-state index in [0.717, 1.165) is 27.4 Å². The van der Waals surface area contributed by atoms with E-state index in [4.69, 9.17) is 18.9 Å². The van der Waals surface area contributed by atoms with Crippen molar-refractivity contribution in [1.29, 1.82) is 0 Å². The number of alkyl carbamates (subject to hydrolysis) is 2. The molecule has 0 aliphatic rings. The molecule has 352 valence electrons. The number of aryl methyl sites for hydroxylation is 2. The maximum Gasteiger partial charge on any atom is 0.426 e. The Morgan fingerprint density at radius 1 is 0.516 bits per heavy atom. The molecular weight excluding hydrogens is 823 g/mol. The lowest BCUT2D eigenvalue weighted by molar-refractivity contribution is -0.141. The maximum atomic E-state index is 14.2. The van der Waals surface area contributed by atoms with Gasteiger partial charge in [0.15, 0.2) is 0 Å². The Bertz CT molecular complexity index is 2330. The minimum absolute atomic E-state index is 0.311. The van der Waals surface area contributed by atoms with Crippen molar-refractivity contribution in [2.45, 2.75) is 156 Å². The van der Waals surface area contributed by atoms with E-state index < -0.39 is 81.6 Å². The lowest BCUT2D eigenvalue weighted by atomic mass is 9.77. The Morgan fingerprint density at radius 3 is 1.16 bits per heavy atom. The lowest BCUT2D eigenvalue weighted by Gasteiger charge is -2.37. The Balaban J connectivity index is 0.000000374. The molecule has 0 fully saturated rings. The minimum atomic E-state index is -1.43. The highest BCUT2D eigenvalue weighted by Crippen LogP contribution is 2.37. The van der Waals surface area contributed by atoms with Crippen LogP contribution in [0.25, 0.3) is 21.8 Å². The van der Waals surface area contributed by atoms with Crippen molar-refractivity contribution in [1.82, 2.24) is 24.7 Å². The third-order valence-electron chi connectivity index (χ3n) is 9.81. The fraction of sp³-hybridized carbons (Fsp3) is 0.542. The summed E-state index contributed by atoms with van der Waals surface area (Å²) in [4.78, 5) is 78.0. The van der Waals surface area contributed by atoms with E-state index in [1.54, 1.807) is 96.9 Å². The van der Waals surface area contributed by atoms with Gasteiger partial charge in [0.1, 0.15) is 34.5 Å². The number of fused-ring (bicyclic) bond motifs is 2. The summed E-state index contributed by atoms with van der Waals surface area (Å²) in [6.07, 6.45) is -0.293. The van der Waals surface area contributed by atoms with Crippen LogP contribution in [0, 0.1) is 0 Å². The number of amides is 5. The smallest absolute Gasteiger partial charge is 0.426 e. The van der Waals surface area contributed by atoms with Gasteiger partial charge in [0.25, 0.3) is 5.91 Å². The van der Waals surface area contributed by atoms with Gasteiger partial charge in [0.2, 0.25) is 0 Å². The van der Waals surface area contributed by atoms with Crippen LogP contribution in [0.4, 0.5) is 19.2 Å². The normalized spacial score (nSPS) is 13.5. The number of ether oxygens (including phenoxy) is 4. The van der Waals surface area contributed by atoms with Gasteiger partial charge in [0, 0.05) is 59.1 Å². The summed E-state index contributed by atoms with van der Waals surface area (Å²) >= 11 is 0. The quantitative estimate of drug-likeness (QED) is 0.143. The molecule has 3 N–H and O–H groups in total. The molecule has 0 bridgehead atoms. The molecule has 16 nitrogen and oxygen atoms in total. The highest BCUT2D eigenvalue weighted by atomic mass is 16.6. The van der Waals surface area contributed by atoms with Gasteiger partial charge in [-0.2, -0.15) is 0 Å². The number of aliphatic carboxylic acids is 1. The van der Waals surface area contributed by atoms with Crippen LogP contribution in [0.5, 0.6) is 0 Å². The van der Waals surface area contributed by atoms with Crippen LogP contribution in [0.1, 0.15) is 122 Å². The number of hydrogen-bond acceptors (Lipinski definition) is 10. The average Bonchev–Trinajstić information content (AvgIpc) is 3.64. The first kappa shape index (κ1) is 52.3. The van der Waals surface area contributed by atoms with Gasteiger partial charge in [-0.3, -0.25) is 4.79 Å². The number of carboxylic acid groups (broad SMARTS) is 1. The van der Waals surface area contributed by atoms with Gasteiger partial charge >= 0.3 is 30.3 Å². The number of benzene rings is 2. The van der Waals surface area contributed by atoms with Crippen molar-refractivity contribution in [3.63, 3.8) is 0 Å². The maximum absolute atomic E-state index is 14.2. The Morgan fingerprint density at radius 2 is 0.828 bits per heavy atom.